The van der Waals surface area contributed by atoms with Crippen LogP contribution in [0.25, 0.3) is 0 Å². The van der Waals surface area contributed by atoms with Gasteiger partial charge in [0.2, 0.25) is 0 Å². The van der Waals surface area contributed by atoms with E-state index in [-0.39, 0.29) is 0 Å². The van der Waals surface area contributed by atoms with Gasteiger partial charge < -0.3 is 9.64 Å². The van der Waals surface area contributed by atoms with E-state index in [2.05, 4.69) is 20.9 Å². The van der Waals surface area contributed by atoms with E-state index in [1.807, 2.05) is 18.2 Å². The number of fused-ring (bicyclic) bond motifs is 1. The van der Waals surface area contributed by atoms with E-state index in [0.717, 1.165) is 30.2 Å². The second-order valence-electron chi connectivity index (χ2n) is 4.08. The molecule has 2 heterocycles. The average Bonchev–Trinajstić information content (AvgIpc) is 2.60. The zero-order valence-electron chi connectivity index (χ0n) is 9.71. The number of halogens is 1. The van der Waals surface area contributed by atoms with Crippen LogP contribution in [0.1, 0.15) is 5.56 Å². The summed E-state index contributed by atoms with van der Waals surface area (Å²) < 4.78 is 5.71. The number of benzene rings is 1. The minimum atomic E-state index is 0.408. The molecule has 0 saturated carbocycles. The van der Waals surface area contributed by atoms with Gasteiger partial charge in [-0.1, -0.05) is 29.8 Å². The first-order valence-electron chi connectivity index (χ1n) is 5.76. The van der Waals surface area contributed by atoms with Crippen molar-refractivity contribution in [2.24, 2.45) is 0 Å². The largest absolute Gasteiger partial charge is 0.491 e. The van der Waals surface area contributed by atoms with Crippen LogP contribution in [0.3, 0.4) is 0 Å². The third kappa shape index (κ3) is 2.24. The molecule has 0 amide bonds. The number of anilines is 1. The van der Waals surface area contributed by atoms with Crippen molar-refractivity contribution >= 4 is 17.4 Å². The van der Waals surface area contributed by atoms with Crippen LogP contribution in [0.15, 0.2) is 36.7 Å². The van der Waals surface area contributed by atoms with Crippen molar-refractivity contribution in [3.05, 3.63) is 47.4 Å². The summed E-state index contributed by atoms with van der Waals surface area (Å²) in [5.74, 6) is 1.72. The van der Waals surface area contributed by atoms with Crippen molar-refractivity contribution in [1.29, 1.82) is 0 Å². The van der Waals surface area contributed by atoms with Crippen LogP contribution < -0.4 is 9.64 Å². The maximum Gasteiger partial charge on any atom is 0.149 e. The molecular weight excluding hydrogens is 250 g/mol. The lowest BCUT2D eigenvalue weighted by Gasteiger charge is -2.20. The van der Waals surface area contributed by atoms with E-state index in [1.165, 1.54) is 6.20 Å². The lowest BCUT2D eigenvalue weighted by Crippen LogP contribution is -2.26. The van der Waals surface area contributed by atoms with E-state index in [0.29, 0.717) is 11.8 Å². The molecule has 0 aliphatic carbocycles. The van der Waals surface area contributed by atoms with Crippen molar-refractivity contribution in [2.45, 2.75) is 6.54 Å². The van der Waals surface area contributed by atoms with Crippen molar-refractivity contribution in [3.8, 4) is 5.75 Å². The van der Waals surface area contributed by atoms with Gasteiger partial charge >= 0.3 is 0 Å². The Kier molecular flexibility index (Phi) is 3.02. The molecule has 0 atom stereocenters. The Morgan fingerprint density at radius 1 is 1.22 bits per heavy atom. The number of hydrogen-bond donors (Lipinski definition) is 0. The SMILES string of the molecule is Clc1cncc(N2CCOc3ccccc3C2)n1. The average molecular weight is 262 g/mol. The van der Waals surface area contributed by atoms with Crippen LogP contribution >= 0.6 is 11.6 Å². The standard InChI is InChI=1S/C13H12ClN3O/c14-12-7-15-8-13(16-12)17-5-6-18-11-4-2-1-3-10(11)9-17/h1-4,7-8H,5-6,9H2. The zero-order valence-corrected chi connectivity index (χ0v) is 10.5. The Morgan fingerprint density at radius 3 is 3.00 bits per heavy atom. The quantitative estimate of drug-likeness (QED) is 0.791. The second-order valence-corrected chi connectivity index (χ2v) is 4.46. The summed E-state index contributed by atoms with van der Waals surface area (Å²) in [5, 5.41) is 0.408. The monoisotopic (exact) mass is 261 g/mol. The van der Waals surface area contributed by atoms with Gasteiger partial charge in [0, 0.05) is 12.1 Å². The maximum absolute atomic E-state index is 5.87. The number of rotatable bonds is 1. The second kappa shape index (κ2) is 4.82. The molecule has 0 bridgehead atoms. The molecule has 0 fully saturated rings. The molecule has 1 aromatic heterocycles. The topological polar surface area (TPSA) is 38.2 Å². The molecule has 1 aromatic carbocycles. The summed E-state index contributed by atoms with van der Waals surface area (Å²) in [6.45, 7) is 2.15. The fourth-order valence-corrected chi connectivity index (χ4v) is 2.15. The van der Waals surface area contributed by atoms with Crippen LogP contribution in [0, 0.1) is 0 Å². The number of nitrogens with zero attached hydrogens (tertiary/aromatic N) is 3. The lowest BCUT2D eigenvalue weighted by atomic mass is 10.2. The molecule has 2 aromatic rings. The molecule has 5 heteroatoms. The Balaban J connectivity index is 1.91. The predicted molar refractivity (Wildman–Crippen MR) is 70.0 cm³/mol. The van der Waals surface area contributed by atoms with E-state index in [9.17, 15) is 0 Å². The van der Waals surface area contributed by atoms with Crippen LogP contribution in [0.2, 0.25) is 5.15 Å². The van der Waals surface area contributed by atoms with Gasteiger partial charge in [0.15, 0.2) is 0 Å². The lowest BCUT2D eigenvalue weighted by molar-refractivity contribution is 0.331. The Hall–Kier alpha value is -1.81. The van der Waals surface area contributed by atoms with Crippen molar-refractivity contribution in [2.75, 3.05) is 18.1 Å². The Labute approximate surface area is 110 Å². The van der Waals surface area contributed by atoms with Gasteiger partial charge in [-0.05, 0) is 6.07 Å². The molecular formula is C13H12ClN3O. The minimum Gasteiger partial charge on any atom is -0.491 e. The third-order valence-electron chi connectivity index (χ3n) is 2.87. The van der Waals surface area contributed by atoms with Gasteiger partial charge in [0.1, 0.15) is 23.3 Å². The number of aromatic nitrogens is 2. The molecule has 0 N–H and O–H groups in total. The number of ether oxygens (including phenoxy) is 1. The first-order valence-corrected chi connectivity index (χ1v) is 6.14. The molecule has 0 spiro atoms. The molecule has 0 unspecified atom stereocenters. The summed E-state index contributed by atoms with van der Waals surface area (Å²) in [6, 6.07) is 8.04. The van der Waals surface area contributed by atoms with E-state index >= 15 is 0 Å². The number of hydrogen-bond acceptors (Lipinski definition) is 4. The van der Waals surface area contributed by atoms with Crippen LogP contribution in [0.4, 0.5) is 5.82 Å². The maximum atomic E-state index is 5.87. The molecule has 0 saturated heterocycles. The van der Waals surface area contributed by atoms with Crippen LogP contribution in [0.5, 0.6) is 5.75 Å². The molecule has 1 aliphatic heterocycles. The van der Waals surface area contributed by atoms with Crippen molar-refractivity contribution < 1.29 is 4.74 Å². The molecule has 18 heavy (non-hydrogen) atoms. The molecule has 3 rings (SSSR count). The summed E-state index contributed by atoms with van der Waals surface area (Å²) in [5.41, 5.74) is 1.15. The summed E-state index contributed by atoms with van der Waals surface area (Å²) in [6.07, 6.45) is 3.26. The summed E-state index contributed by atoms with van der Waals surface area (Å²) >= 11 is 5.87. The highest BCUT2D eigenvalue weighted by Crippen LogP contribution is 2.25. The fourth-order valence-electron chi connectivity index (χ4n) is 2.01. The van der Waals surface area contributed by atoms with Crippen LogP contribution in [-0.2, 0) is 6.54 Å². The summed E-state index contributed by atoms with van der Waals surface area (Å²) in [4.78, 5) is 10.5. The fraction of sp³-hybridized carbons (Fsp3) is 0.231. The van der Waals surface area contributed by atoms with Gasteiger partial charge in [0.05, 0.1) is 18.9 Å². The minimum absolute atomic E-state index is 0.408. The molecule has 0 radical (unpaired) electrons. The van der Waals surface area contributed by atoms with E-state index in [1.54, 1.807) is 6.20 Å². The predicted octanol–water partition coefficient (Wildman–Crippen LogP) is 2.53. The van der Waals surface area contributed by atoms with Gasteiger partial charge in [-0.2, -0.15) is 0 Å². The van der Waals surface area contributed by atoms with Gasteiger partial charge in [-0.3, -0.25) is 4.98 Å². The highest BCUT2D eigenvalue weighted by molar-refractivity contribution is 6.29. The highest BCUT2D eigenvalue weighted by Gasteiger charge is 2.16. The summed E-state index contributed by atoms with van der Waals surface area (Å²) in [7, 11) is 0. The van der Waals surface area contributed by atoms with Gasteiger partial charge in [-0.15, -0.1) is 0 Å². The first-order chi connectivity index (χ1) is 8.83. The number of para-hydroxylation sites is 1. The van der Waals surface area contributed by atoms with E-state index in [4.69, 9.17) is 16.3 Å². The van der Waals surface area contributed by atoms with Gasteiger partial charge in [-0.25, -0.2) is 4.98 Å². The smallest absolute Gasteiger partial charge is 0.149 e. The Bertz CT molecular complexity index is 561. The van der Waals surface area contributed by atoms with E-state index < -0.39 is 0 Å². The normalized spacial score (nSPS) is 14.6. The molecule has 92 valence electrons. The highest BCUT2D eigenvalue weighted by atomic mass is 35.5. The van der Waals surface area contributed by atoms with Crippen LogP contribution in [-0.4, -0.2) is 23.1 Å². The van der Waals surface area contributed by atoms with Gasteiger partial charge in [0.25, 0.3) is 0 Å². The Morgan fingerprint density at radius 2 is 2.11 bits per heavy atom. The zero-order chi connectivity index (χ0) is 12.4. The molecule has 4 nitrogen and oxygen atoms in total. The molecule has 1 aliphatic rings. The third-order valence-corrected chi connectivity index (χ3v) is 3.05. The first kappa shape index (κ1) is 11.3. The van der Waals surface area contributed by atoms with Crippen molar-refractivity contribution in [1.82, 2.24) is 9.97 Å². The van der Waals surface area contributed by atoms with Crippen molar-refractivity contribution in [3.63, 3.8) is 0 Å².